The van der Waals surface area contributed by atoms with Gasteiger partial charge in [0.15, 0.2) is 0 Å². The maximum atomic E-state index is 12.5. The van der Waals surface area contributed by atoms with Crippen molar-refractivity contribution in [3.63, 3.8) is 0 Å². The quantitative estimate of drug-likeness (QED) is 0.465. The third-order valence-electron chi connectivity index (χ3n) is 11.6. The minimum absolute atomic E-state index is 0.00497. The van der Waals surface area contributed by atoms with Crippen LogP contribution in [0.4, 0.5) is 0 Å². The average Bonchev–Trinajstić information content (AvgIpc) is 2.75. The second kappa shape index (κ2) is 6.65. The highest BCUT2D eigenvalue weighted by molar-refractivity contribution is 5.80. The van der Waals surface area contributed by atoms with Gasteiger partial charge in [0.1, 0.15) is 11.9 Å². The van der Waals surface area contributed by atoms with E-state index in [1.807, 2.05) is 13.0 Å². The number of aliphatic hydroxyl groups excluding tert-OH is 2. The fraction of sp³-hybridized carbons (Fsp3) is 0.690. The summed E-state index contributed by atoms with van der Waals surface area (Å²) in [7, 11) is 0. The molecule has 3 fully saturated rings. The molecule has 0 radical (unpaired) electrons. The summed E-state index contributed by atoms with van der Waals surface area (Å²) in [5.41, 5.74) is 10.2. The van der Waals surface area contributed by atoms with Crippen LogP contribution < -0.4 is 5.73 Å². The Hall–Kier alpha value is -1.81. The van der Waals surface area contributed by atoms with Gasteiger partial charge < -0.3 is 15.9 Å². The molecule has 0 aromatic carbocycles. The molecule has 180 valence electrons. The van der Waals surface area contributed by atoms with E-state index in [1.165, 1.54) is 17.6 Å². The molecule has 4 heteroatoms. The van der Waals surface area contributed by atoms with Gasteiger partial charge in [-0.3, -0.25) is 4.79 Å². The van der Waals surface area contributed by atoms with E-state index in [4.69, 9.17) is 5.73 Å². The second-order valence-electron chi connectivity index (χ2n) is 13.1. The van der Waals surface area contributed by atoms with Crippen molar-refractivity contribution in [3.05, 3.63) is 46.3 Å². The molecule has 5 rings (SSSR count). The molecule has 1 amide bonds. The van der Waals surface area contributed by atoms with Crippen molar-refractivity contribution in [3.8, 4) is 0 Å². The summed E-state index contributed by atoms with van der Waals surface area (Å²) >= 11 is 0. The van der Waals surface area contributed by atoms with Gasteiger partial charge in [0, 0.05) is 10.8 Å². The molecular weight excluding hydrogens is 410 g/mol. The summed E-state index contributed by atoms with van der Waals surface area (Å²) in [6.07, 6.45) is 12.7. The van der Waals surface area contributed by atoms with E-state index < -0.39 is 11.5 Å². The van der Waals surface area contributed by atoms with Crippen LogP contribution in [0.15, 0.2) is 46.3 Å². The topological polar surface area (TPSA) is 83.6 Å². The number of allylic oxidation sites excluding steroid dienone is 6. The molecule has 5 aliphatic carbocycles. The van der Waals surface area contributed by atoms with E-state index in [0.717, 1.165) is 49.7 Å². The minimum Gasteiger partial charge on any atom is -0.509 e. The first-order valence-electron chi connectivity index (χ1n) is 12.8. The molecule has 1 unspecified atom stereocenters. The summed E-state index contributed by atoms with van der Waals surface area (Å²) in [6, 6.07) is 0. The lowest BCUT2D eigenvalue weighted by Gasteiger charge is -2.70. The Balaban J connectivity index is 1.64. The highest BCUT2D eigenvalue weighted by Crippen LogP contribution is 2.75. The number of fused-ring (bicyclic) bond motifs is 7. The Labute approximate surface area is 198 Å². The van der Waals surface area contributed by atoms with Crippen LogP contribution in [-0.2, 0) is 4.79 Å². The van der Waals surface area contributed by atoms with Gasteiger partial charge in [0.25, 0.3) is 0 Å². The van der Waals surface area contributed by atoms with E-state index in [2.05, 4.69) is 46.8 Å². The lowest BCUT2D eigenvalue weighted by Crippen LogP contribution is -2.62. The zero-order chi connectivity index (χ0) is 24.2. The normalized spacial score (nSPS) is 49.0. The van der Waals surface area contributed by atoms with Crippen LogP contribution >= 0.6 is 0 Å². The zero-order valence-electron chi connectivity index (χ0n) is 21.2. The van der Waals surface area contributed by atoms with Crippen LogP contribution in [0.5, 0.6) is 0 Å². The van der Waals surface area contributed by atoms with Gasteiger partial charge in [-0.1, -0.05) is 52.3 Å². The highest BCUT2D eigenvalue weighted by atomic mass is 16.3. The van der Waals surface area contributed by atoms with Crippen LogP contribution in [0, 0.1) is 33.0 Å². The maximum absolute atomic E-state index is 12.5. The van der Waals surface area contributed by atoms with Crippen LogP contribution in [-0.4, -0.2) is 22.2 Å². The summed E-state index contributed by atoms with van der Waals surface area (Å²) in [5.74, 6) is 0.370. The molecule has 0 aliphatic heterocycles. The summed E-state index contributed by atoms with van der Waals surface area (Å²) in [4.78, 5) is 12.5. The molecule has 7 atom stereocenters. The molecular formula is C29H41NO3. The molecule has 0 bridgehead atoms. The predicted molar refractivity (Wildman–Crippen MR) is 131 cm³/mol. The smallest absolute Gasteiger partial charge is 0.223 e. The number of carbonyl (C=O) groups is 1. The summed E-state index contributed by atoms with van der Waals surface area (Å²) in [5, 5.41) is 20.9. The Morgan fingerprint density at radius 3 is 2.33 bits per heavy atom. The SMILES string of the molecule is CC1=C(O)C(O)C=C2C1=CC=C1[C@@]2(C)CC[C@@]2(C)[C@@H]3C[C@](C)(C(N)=O)CC[C@]3(C)CC[C@]12C. The zero-order valence-corrected chi connectivity index (χ0v) is 21.2. The van der Waals surface area contributed by atoms with Crippen LogP contribution in [0.1, 0.15) is 86.5 Å². The predicted octanol–water partition coefficient (Wildman–Crippen LogP) is 5.89. The molecule has 5 aliphatic rings. The van der Waals surface area contributed by atoms with E-state index in [0.29, 0.717) is 5.92 Å². The van der Waals surface area contributed by atoms with E-state index >= 15 is 0 Å². The molecule has 0 heterocycles. The monoisotopic (exact) mass is 451 g/mol. The van der Waals surface area contributed by atoms with Crippen molar-refractivity contribution in [2.75, 3.05) is 0 Å². The average molecular weight is 452 g/mol. The van der Waals surface area contributed by atoms with Crippen molar-refractivity contribution in [2.45, 2.75) is 92.6 Å². The highest BCUT2D eigenvalue weighted by Gasteiger charge is 2.67. The first-order chi connectivity index (χ1) is 15.2. The fourth-order valence-corrected chi connectivity index (χ4v) is 8.80. The minimum atomic E-state index is -0.932. The number of hydrogen-bond acceptors (Lipinski definition) is 3. The number of aliphatic hydroxyl groups is 2. The van der Waals surface area contributed by atoms with Crippen molar-refractivity contribution in [1.29, 1.82) is 0 Å². The molecule has 4 N–H and O–H groups in total. The number of rotatable bonds is 1. The Morgan fingerprint density at radius 2 is 1.67 bits per heavy atom. The van der Waals surface area contributed by atoms with Crippen molar-refractivity contribution in [2.24, 2.45) is 38.7 Å². The number of hydrogen-bond donors (Lipinski definition) is 3. The van der Waals surface area contributed by atoms with Gasteiger partial charge in [-0.15, -0.1) is 0 Å². The number of primary amides is 1. The molecule has 33 heavy (non-hydrogen) atoms. The summed E-state index contributed by atoms with van der Waals surface area (Å²) in [6.45, 7) is 13.7. The van der Waals surface area contributed by atoms with Gasteiger partial charge in [0.05, 0.1) is 0 Å². The molecule has 0 saturated heterocycles. The second-order valence-corrected chi connectivity index (χ2v) is 13.1. The number of amides is 1. The third kappa shape index (κ3) is 2.70. The Bertz CT molecular complexity index is 1060. The number of carbonyl (C=O) groups excluding carboxylic acids is 1. The molecule has 0 spiro atoms. The Kier molecular flexibility index (Phi) is 4.63. The largest absolute Gasteiger partial charge is 0.509 e. The van der Waals surface area contributed by atoms with Crippen LogP contribution in [0.2, 0.25) is 0 Å². The summed E-state index contributed by atoms with van der Waals surface area (Å²) < 4.78 is 0. The lowest BCUT2D eigenvalue weighted by atomic mass is 9.34. The van der Waals surface area contributed by atoms with Crippen molar-refractivity contribution >= 4 is 5.91 Å². The first kappa shape index (κ1) is 23.0. The van der Waals surface area contributed by atoms with Crippen molar-refractivity contribution in [1.82, 2.24) is 0 Å². The van der Waals surface area contributed by atoms with Gasteiger partial charge >= 0.3 is 0 Å². The standard InChI is InChI=1S/C29H41NO3/c1-17-18-7-8-21-27(4,19(18)15-20(31)23(17)32)12-14-29(6)22-16-26(3,24(30)33)10-9-25(22,2)11-13-28(21,29)5/h7-8,15,20,22,31-32H,9-14,16H2,1-6H3,(H2,30,33)/t20?,22-,25-,26-,27+,28-,29+/m1/s1. The molecule has 0 aromatic rings. The lowest BCUT2D eigenvalue weighted by molar-refractivity contribution is -0.167. The van der Waals surface area contributed by atoms with Gasteiger partial charge in [-0.25, -0.2) is 0 Å². The van der Waals surface area contributed by atoms with Crippen molar-refractivity contribution < 1.29 is 15.0 Å². The van der Waals surface area contributed by atoms with E-state index in [9.17, 15) is 15.0 Å². The van der Waals surface area contributed by atoms with Crippen LogP contribution in [0.3, 0.4) is 0 Å². The van der Waals surface area contributed by atoms with Gasteiger partial charge in [-0.05, 0) is 96.8 Å². The number of nitrogens with two attached hydrogens (primary N) is 1. The molecule has 0 aromatic heterocycles. The van der Waals surface area contributed by atoms with E-state index in [1.54, 1.807) is 0 Å². The Morgan fingerprint density at radius 1 is 1.00 bits per heavy atom. The fourth-order valence-electron chi connectivity index (χ4n) is 8.80. The van der Waals surface area contributed by atoms with Gasteiger partial charge in [-0.2, -0.15) is 0 Å². The van der Waals surface area contributed by atoms with Gasteiger partial charge in [0.2, 0.25) is 5.91 Å². The van der Waals surface area contributed by atoms with Crippen LogP contribution in [0.25, 0.3) is 0 Å². The van der Waals surface area contributed by atoms with E-state index in [-0.39, 0.29) is 33.3 Å². The first-order valence-corrected chi connectivity index (χ1v) is 12.8. The maximum Gasteiger partial charge on any atom is 0.223 e. The third-order valence-corrected chi connectivity index (χ3v) is 11.6. The molecule has 4 nitrogen and oxygen atoms in total. The molecule has 3 saturated carbocycles.